The molecule has 27 heavy (non-hydrogen) atoms. The van der Waals surface area contributed by atoms with Crippen LogP contribution in [0, 0.1) is 0 Å². The lowest BCUT2D eigenvalue weighted by atomic mass is 10.1. The summed E-state index contributed by atoms with van der Waals surface area (Å²) in [5, 5.41) is 10.2. The van der Waals surface area contributed by atoms with Crippen LogP contribution in [0.2, 0.25) is 0 Å². The Kier molecular flexibility index (Phi) is 6.40. The van der Waals surface area contributed by atoms with Gasteiger partial charge in [-0.3, -0.25) is 9.67 Å². The molecule has 2 heterocycles. The molecule has 0 bridgehead atoms. The van der Waals surface area contributed by atoms with Crippen LogP contribution in [0.3, 0.4) is 0 Å². The van der Waals surface area contributed by atoms with Crippen molar-refractivity contribution in [2.75, 3.05) is 20.2 Å². The molecule has 0 aliphatic rings. The third-order valence-corrected chi connectivity index (χ3v) is 4.05. The molecule has 0 atom stereocenters. The smallest absolute Gasteiger partial charge is 0.314 e. The lowest BCUT2D eigenvalue weighted by Gasteiger charge is -2.08. The minimum Gasteiger partial charge on any atom is -0.497 e. The van der Waals surface area contributed by atoms with Crippen LogP contribution >= 0.6 is 0 Å². The van der Waals surface area contributed by atoms with Crippen LogP contribution in [0.5, 0.6) is 5.75 Å². The van der Waals surface area contributed by atoms with Gasteiger partial charge in [-0.25, -0.2) is 4.79 Å². The zero-order chi connectivity index (χ0) is 18.9. The Balaban J connectivity index is 1.35. The van der Waals surface area contributed by atoms with Gasteiger partial charge < -0.3 is 15.4 Å². The summed E-state index contributed by atoms with van der Waals surface area (Å²) in [5.74, 6) is 0.828. The molecule has 0 unspecified atom stereocenters. The van der Waals surface area contributed by atoms with E-state index in [1.165, 1.54) is 0 Å². The maximum absolute atomic E-state index is 11.9. The van der Waals surface area contributed by atoms with Crippen molar-refractivity contribution in [1.29, 1.82) is 0 Å². The van der Waals surface area contributed by atoms with Gasteiger partial charge in [0.2, 0.25) is 0 Å². The average molecular weight is 365 g/mol. The van der Waals surface area contributed by atoms with Crippen molar-refractivity contribution in [3.8, 4) is 17.1 Å². The molecule has 3 aromatic rings. The summed E-state index contributed by atoms with van der Waals surface area (Å²) in [7, 11) is 1.64. The number of carbonyl (C=O) groups is 1. The van der Waals surface area contributed by atoms with E-state index in [4.69, 9.17) is 4.74 Å². The Hall–Kier alpha value is -3.35. The molecule has 0 aliphatic carbocycles. The highest BCUT2D eigenvalue weighted by molar-refractivity contribution is 5.73. The largest absolute Gasteiger partial charge is 0.497 e. The normalized spacial score (nSPS) is 10.4. The van der Waals surface area contributed by atoms with Gasteiger partial charge in [0.15, 0.2) is 0 Å². The topological polar surface area (TPSA) is 81.1 Å². The molecule has 0 aliphatic heterocycles. The molecule has 0 radical (unpaired) electrons. The second-order valence-corrected chi connectivity index (χ2v) is 5.96. The molecule has 7 heteroatoms. The summed E-state index contributed by atoms with van der Waals surface area (Å²) in [5.41, 5.74) is 2.80. The van der Waals surface area contributed by atoms with Crippen LogP contribution in [0.15, 0.2) is 60.9 Å². The van der Waals surface area contributed by atoms with Gasteiger partial charge in [0.05, 0.1) is 19.3 Å². The zero-order valence-electron chi connectivity index (χ0n) is 15.3. The van der Waals surface area contributed by atoms with Gasteiger partial charge in [0.1, 0.15) is 11.4 Å². The molecule has 0 spiro atoms. The van der Waals surface area contributed by atoms with Crippen molar-refractivity contribution in [3.05, 3.63) is 66.5 Å². The third kappa shape index (κ3) is 5.57. The van der Waals surface area contributed by atoms with E-state index in [9.17, 15) is 4.79 Å². The van der Waals surface area contributed by atoms with Gasteiger partial charge >= 0.3 is 6.03 Å². The molecule has 0 saturated heterocycles. The van der Waals surface area contributed by atoms with Gasteiger partial charge in [-0.15, -0.1) is 0 Å². The Morgan fingerprint density at radius 2 is 1.85 bits per heavy atom. The van der Waals surface area contributed by atoms with Crippen molar-refractivity contribution in [3.63, 3.8) is 0 Å². The summed E-state index contributed by atoms with van der Waals surface area (Å²) < 4.78 is 6.92. The minimum absolute atomic E-state index is 0.180. The zero-order valence-corrected chi connectivity index (χ0v) is 15.3. The number of benzene rings is 1. The number of methoxy groups -OCH3 is 1. The number of pyridine rings is 1. The summed E-state index contributed by atoms with van der Waals surface area (Å²) in [6.45, 7) is 1.67. The van der Waals surface area contributed by atoms with Gasteiger partial charge in [-0.2, -0.15) is 5.10 Å². The summed E-state index contributed by atoms with van der Waals surface area (Å²) in [4.78, 5) is 16.1. The van der Waals surface area contributed by atoms with Crippen molar-refractivity contribution < 1.29 is 9.53 Å². The minimum atomic E-state index is -0.180. The van der Waals surface area contributed by atoms with Crippen molar-refractivity contribution in [2.24, 2.45) is 0 Å². The Bertz CT molecular complexity index is 846. The molecule has 2 N–H and O–H groups in total. The number of amides is 2. The van der Waals surface area contributed by atoms with Crippen LogP contribution < -0.4 is 15.4 Å². The molecule has 0 saturated carbocycles. The molecule has 2 aromatic heterocycles. The van der Waals surface area contributed by atoms with E-state index in [1.807, 2.05) is 54.7 Å². The fraction of sp³-hybridized carbons (Fsp3) is 0.250. The van der Waals surface area contributed by atoms with Crippen LogP contribution in [-0.4, -0.2) is 41.0 Å². The third-order valence-electron chi connectivity index (χ3n) is 4.05. The van der Waals surface area contributed by atoms with E-state index < -0.39 is 0 Å². The van der Waals surface area contributed by atoms with Crippen LogP contribution in [0.4, 0.5) is 4.79 Å². The van der Waals surface area contributed by atoms with Gasteiger partial charge in [-0.05, 0) is 42.3 Å². The molecule has 2 amide bonds. The molecular weight excluding hydrogens is 342 g/mol. The average Bonchev–Trinajstić information content (AvgIpc) is 3.18. The first kappa shape index (κ1) is 18.4. The lowest BCUT2D eigenvalue weighted by Crippen LogP contribution is -2.38. The highest BCUT2D eigenvalue weighted by Crippen LogP contribution is 2.12. The summed E-state index contributed by atoms with van der Waals surface area (Å²) in [6.07, 6.45) is 4.39. The molecular formula is C20H23N5O2. The van der Waals surface area contributed by atoms with Gasteiger partial charge in [0, 0.05) is 25.5 Å². The standard InChI is InChI=1S/C20H23N5O2/c1-27-17-7-5-16(6-8-17)9-12-22-20(26)23-13-15-25-14-10-19(24-25)18-4-2-3-11-21-18/h2-8,10-11,14H,9,12-13,15H2,1H3,(H2,22,23,26). The Labute approximate surface area is 158 Å². The van der Waals surface area contributed by atoms with E-state index in [2.05, 4.69) is 20.7 Å². The maximum Gasteiger partial charge on any atom is 0.314 e. The quantitative estimate of drug-likeness (QED) is 0.643. The van der Waals surface area contributed by atoms with Gasteiger partial charge in [-0.1, -0.05) is 18.2 Å². The Morgan fingerprint density at radius 1 is 1.04 bits per heavy atom. The van der Waals surface area contributed by atoms with Crippen molar-refractivity contribution in [1.82, 2.24) is 25.4 Å². The van der Waals surface area contributed by atoms with Crippen LogP contribution in [0.1, 0.15) is 5.56 Å². The first-order valence-corrected chi connectivity index (χ1v) is 8.84. The SMILES string of the molecule is COc1ccc(CCNC(=O)NCCn2ccc(-c3ccccn3)n2)cc1. The second kappa shape index (κ2) is 9.38. The summed E-state index contributed by atoms with van der Waals surface area (Å²) >= 11 is 0. The first-order chi connectivity index (χ1) is 13.2. The molecule has 7 nitrogen and oxygen atoms in total. The predicted octanol–water partition coefficient (Wildman–Crippen LogP) is 2.50. The molecule has 3 rings (SSSR count). The van der Waals surface area contributed by atoms with E-state index in [-0.39, 0.29) is 6.03 Å². The van der Waals surface area contributed by atoms with Crippen LogP contribution in [0.25, 0.3) is 11.4 Å². The van der Waals surface area contributed by atoms with Crippen LogP contribution in [-0.2, 0) is 13.0 Å². The monoisotopic (exact) mass is 365 g/mol. The molecule has 140 valence electrons. The van der Waals surface area contributed by atoms with E-state index in [0.717, 1.165) is 29.1 Å². The molecule has 1 aromatic carbocycles. The fourth-order valence-electron chi connectivity index (χ4n) is 2.60. The predicted molar refractivity (Wildman–Crippen MR) is 104 cm³/mol. The fourth-order valence-corrected chi connectivity index (χ4v) is 2.60. The van der Waals surface area contributed by atoms with Crippen molar-refractivity contribution in [2.45, 2.75) is 13.0 Å². The Morgan fingerprint density at radius 3 is 2.59 bits per heavy atom. The van der Waals surface area contributed by atoms with Gasteiger partial charge in [0.25, 0.3) is 0 Å². The van der Waals surface area contributed by atoms with E-state index in [1.54, 1.807) is 18.0 Å². The number of nitrogens with zero attached hydrogens (tertiary/aromatic N) is 3. The highest BCUT2D eigenvalue weighted by atomic mass is 16.5. The number of urea groups is 1. The number of hydrogen-bond donors (Lipinski definition) is 2. The number of ether oxygens (including phenoxy) is 1. The lowest BCUT2D eigenvalue weighted by molar-refractivity contribution is 0.240. The first-order valence-electron chi connectivity index (χ1n) is 8.84. The number of carbonyl (C=O) groups excluding carboxylic acids is 1. The van der Waals surface area contributed by atoms with E-state index >= 15 is 0 Å². The number of rotatable bonds is 8. The second-order valence-electron chi connectivity index (χ2n) is 5.96. The number of aromatic nitrogens is 3. The van der Waals surface area contributed by atoms with E-state index in [0.29, 0.717) is 19.6 Å². The highest BCUT2D eigenvalue weighted by Gasteiger charge is 2.04. The van der Waals surface area contributed by atoms with Crippen molar-refractivity contribution >= 4 is 6.03 Å². The summed E-state index contributed by atoms with van der Waals surface area (Å²) in [6, 6.07) is 15.3. The molecule has 0 fully saturated rings. The number of nitrogens with one attached hydrogen (secondary N) is 2. The number of hydrogen-bond acceptors (Lipinski definition) is 4. The maximum atomic E-state index is 11.9.